The van der Waals surface area contributed by atoms with Crippen LogP contribution in [0.5, 0.6) is 0 Å². The molecule has 0 aliphatic rings. The molecule has 0 saturated heterocycles. The van der Waals surface area contributed by atoms with Gasteiger partial charge in [0.05, 0.1) is 18.3 Å². The third-order valence-electron chi connectivity index (χ3n) is 3.75. The zero-order chi connectivity index (χ0) is 17.9. The van der Waals surface area contributed by atoms with Crippen molar-refractivity contribution in [1.29, 1.82) is 0 Å². The van der Waals surface area contributed by atoms with Gasteiger partial charge in [-0.05, 0) is 24.7 Å². The fourth-order valence-corrected chi connectivity index (χ4v) is 2.52. The van der Waals surface area contributed by atoms with E-state index in [2.05, 4.69) is 4.98 Å². The van der Waals surface area contributed by atoms with Gasteiger partial charge in [0.2, 0.25) is 5.89 Å². The number of halogens is 3. The van der Waals surface area contributed by atoms with Crippen LogP contribution >= 0.6 is 0 Å². The molecular weight excluding hydrogens is 329 g/mol. The highest BCUT2D eigenvalue weighted by Gasteiger charge is 2.29. The lowest BCUT2D eigenvalue weighted by Crippen LogP contribution is -2.17. The summed E-state index contributed by atoms with van der Waals surface area (Å²) in [6.45, 7) is 0.967. The standard InChI is InChI=1S/C19H17F3N2O/c1-24(12-14-7-9-16(10-8-14)19(20,21)22)13-18-23-11-17(25-18)15-5-3-2-4-6-15/h2-11H,12-13H2,1H3. The van der Waals surface area contributed by atoms with Crippen molar-refractivity contribution in [3.63, 3.8) is 0 Å². The Morgan fingerprint density at radius 1 is 0.960 bits per heavy atom. The molecule has 0 amide bonds. The molecule has 3 nitrogen and oxygen atoms in total. The monoisotopic (exact) mass is 346 g/mol. The molecular formula is C19H17F3N2O. The first-order valence-corrected chi connectivity index (χ1v) is 7.76. The molecule has 0 fully saturated rings. The number of benzene rings is 2. The third kappa shape index (κ3) is 4.48. The normalized spacial score (nSPS) is 11.9. The van der Waals surface area contributed by atoms with Crippen molar-refractivity contribution >= 4 is 0 Å². The van der Waals surface area contributed by atoms with Gasteiger partial charge in [-0.3, -0.25) is 4.90 Å². The Kier molecular flexibility index (Phi) is 4.90. The minimum absolute atomic E-state index is 0.466. The number of rotatable bonds is 5. The fraction of sp³-hybridized carbons (Fsp3) is 0.211. The van der Waals surface area contributed by atoms with Crippen LogP contribution < -0.4 is 0 Å². The van der Waals surface area contributed by atoms with Crippen LogP contribution in [0.1, 0.15) is 17.0 Å². The van der Waals surface area contributed by atoms with Crippen LogP contribution in [-0.4, -0.2) is 16.9 Å². The van der Waals surface area contributed by atoms with Crippen molar-refractivity contribution in [2.45, 2.75) is 19.3 Å². The summed E-state index contributed by atoms with van der Waals surface area (Å²) in [6.07, 6.45) is -2.63. The van der Waals surface area contributed by atoms with Gasteiger partial charge in [-0.25, -0.2) is 4.98 Å². The van der Waals surface area contributed by atoms with E-state index in [0.29, 0.717) is 24.7 Å². The number of nitrogens with zero attached hydrogens (tertiary/aromatic N) is 2. The molecule has 0 saturated carbocycles. The summed E-state index contributed by atoms with van der Waals surface area (Å²) in [6, 6.07) is 14.8. The summed E-state index contributed by atoms with van der Waals surface area (Å²) in [7, 11) is 1.87. The highest BCUT2D eigenvalue weighted by atomic mass is 19.4. The molecule has 2 aromatic carbocycles. The number of hydrogen-bond acceptors (Lipinski definition) is 3. The van der Waals surface area contributed by atoms with E-state index in [1.807, 2.05) is 42.3 Å². The molecule has 3 rings (SSSR count). The molecule has 0 N–H and O–H groups in total. The largest absolute Gasteiger partial charge is 0.439 e. The molecule has 0 aliphatic carbocycles. The maximum atomic E-state index is 12.6. The molecule has 0 radical (unpaired) electrons. The quantitative estimate of drug-likeness (QED) is 0.652. The van der Waals surface area contributed by atoms with E-state index in [1.165, 1.54) is 12.1 Å². The van der Waals surface area contributed by atoms with Gasteiger partial charge in [0.15, 0.2) is 5.76 Å². The second-order valence-electron chi connectivity index (χ2n) is 5.85. The lowest BCUT2D eigenvalue weighted by molar-refractivity contribution is -0.137. The molecule has 130 valence electrons. The Labute approximate surface area is 143 Å². The van der Waals surface area contributed by atoms with Crippen LogP contribution in [0.2, 0.25) is 0 Å². The average Bonchev–Trinajstić information content (AvgIpc) is 3.03. The predicted octanol–water partition coefficient (Wildman–Crippen LogP) is 4.99. The summed E-state index contributed by atoms with van der Waals surface area (Å²) < 4.78 is 43.5. The Hall–Kier alpha value is -2.60. The topological polar surface area (TPSA) is 29.3 Å². The van der Waals surface area contributed by atoms with E-state index in [1.54, 1.807) is 6.20 Å². The highest BCUT2D eigenvalue weighted by molar-refractivity contribution is 5.55. The van der Waals surface area contributed by atoms with Crippen LogP contribution in [0, 0.1) is 0 Å². The maximum absolute atomic E-state index is 12.6. The lowest BCUT2D eigenvalue weighted by Gasteiger charge is -2.15. The van der Waals surface area contributed by atoms with E-state index in [-0.39, 0.29) is 0 Å². The van der Waals surface area contributed by atoms with Crippen molar-refractivity contribution < 1.29 is 17.6 Å². The molecule has 0 unspecified atom stereocenters. The lowest BCUT2D eigenvalue weighted by atomic mass is 10.1. The SMILES string of the molecule is CN(Cc1ccc(C(F)(F)F)cc1)Cc1ncc(-c2ccccc2)o1. The van der Waals surface area contributed by atoms with Gasteiger partial charge in [0.1, 0.15) is 0 Å². The first kappa shape index (κ1) is 17.2. The predicted molar refractivity (Wildman–Crippen MR) is 88.6 cm³/mol. The number of oxazole rings is 1. The van der Waals surface area contributed by atoms with Crippen molar-refractivity contribution in [3.8, 4) is 11.3 Å². The molecule has 0 bridgehead atoms. The maximum Gasteiger partial charge on any atom is 0.416 e. The Balaban J connectivity index is 1.61. The van der Waals surface area contributed by atoms with Gasteiger partial charge in [0.25, 0.3) is 0 Å². The Morgan fingerprint density at radius 3 is 2.28 bits per heavy atom. The Bertz CT molecular complexity index is 811. The molecule has 1 heterocycles. The molecule has 0 spiro atoms. The van der Waals surface area contributed by atoms with E-state index < -0.39 is 11.7 Å². The van der Waals surface area contributed by atoms with Gasteiger partial charge in [-0.15, -0.1) is 0 Å². The second kappa shape index (κ2) is 7.11. The smallest absolute Gasteiger partial charge is 0.416 e. The van der Waals surface area contributed by atoms with Crippen molar-refractivity contribution in [2.24, 2.45) is 0 Å². The van der Waals surface area contributed by atoms with Crippen LogP contribution in [0.15, 0.2) is 65.2 Å². The van der Waals surface area contributed by atoms with Gasteiger partial charge in [-0.1, -0.05) is 42.5 Å². The van der Waals surface area contributed by atoms with Crippen molar-refractivity contribution in [3.05, 3.63) is 77.8 Å². The van der Waals surface area contributed by atoms with E-state index in [0.717, 1.165) is 23.3 Å². The molecule has 0 aliphatic heterocycles. The van der Waals surface area contributed by atoms with E-state index >= 15 is 0 Å². The molecule has 3 aromatic rings. The molecule has 0 atom stereocenters. The number of aromatic nitrogens is 1. The zero-order valence-electron chi connectivity index (χ0n) is 13.6. The van der Waals surface area contributed by atoms with Crippen LogP contribution in [0.3, 0.4) is 0 Å². The van der Waals surface area contributed by atoms with Gasteiger partial charge < -0.3 is 4.42 Å². The average molecular weight is 346 g/mol. The first-order valence-electron chi connectivity index (χ1n) is 7.76. The van der Waals surface area contributed by atoms with Gasteiger partial charge >= 0.3 is 6.18 Å². The first-order chi connectivity index (χ1) is 11.9. The highest BCUT2D eigenvalue weighted by Crippen LogP contribution is 2.29. The van der Waals surface area contributed by atoms with Crippen LogP contribution in [-0.2, 0) is 19.3 Å². The van der Waals surface area contributed by atoms with Crippen molar-refractivity contribution in [1.82, 2.24) is 9.88 Å². The minimum atomic E-state index is -4.31. The molecule has 1 aromatic heterocycles. The van der Waals surface area contributed by atoms with Gasteiger partial charge in [-0.2, -0.15) is 13.2 Å². The molecule has 25 heavy (non-hydrogen) atoms. The van der Waals surface area contributed by atoms with E-state index in [4.69, 9.17) is 4.42 Å². The second-order valence-corrected chi connectivity index (χ2v) is 5.85. The summed E-state index contributed by atoms with van der Waals surface area (Å²) >= 11 is 0. The fourth-order valence-electron chi connectivity index (χ4n) is 2.52. The summed E-state index contributed by atoms with van der Waals surface area (Å²) in [4.78, 5) is 6.20. The van der Waals surface area contributed by atoms with Crippen LogP contribution in [0.25, 0.3) is 11.3 Å². The van der Waals surface area contributed by atoms with E-state index in [9.17, 15) is 13.2 Å². The van der Waals surface area contributed by atoms with Crippen molar-refractivity contribution in [2.75, 3.05) is 7.05 Å². The van der Waals surface area contributed by atoms with Gasteiger partial charge in [0, 0.05) is 12.1 Å². The summed E-state index contributed by atoms with van der Waals surface area (Å²) in [5.74, 6) is 1.26. The molecule has 6 heteroatoms. The third-order valence-corrected chi connectivity index (χ3v) is 3.75. The number of alkyl halides is 3. The zero-order valence-corrected chi connectivity index (χ0v) is 13.6. The minimum Gasteiger partial charge on any atom is -0.439 e. The summed E-state index contributed by atoms with van der Waals surface area (Å²) in [5.41, 5.74) is 1.11. The Morgan fingerprint density at radius 2 is 1.64 bits per heavy atom. The summed E-state index contributed by atoms with van der Waals surface area (Å²) in [5, 5.41) is 0. The van der Waals surface area contributed by atoms with Crippen LogP contribution in [0.4, 0.5) is 13.2 Å². The number of hydrogen-bond donors (Lipinski definition) is 0.